The van der Waals surface area contributed by atoms with E-state index < -0.39 is 0 Å². The quantitative estimate of drug-likeness (QED) is 0.542. The van der Waals surface area contributed by atoms with Crippen molar-refractivity contribution in [2.45, 2.75) is 0 Å². The molecule has 4 heteroatoms. The van der Waals surface area contributed by atoms with Gasteiger partial charge in [-0.15, -0.1) is 6.07 Å². The van der Waals surface area contributed by atoms with Gasteiger partial charge in [-0.05, 0) is 0 Å². The number of para-hydroxylation sites is 1. The van der Waals surface area contributed by atoms with Crippen LogP contribution >= 0.6 is 0 Å². The summed E-state index contributed by atoms with van der Waals surface area (Å²) < 4.78 is 1.51. The minimum absolute atomic E-state index is 0. The van der Waals surface area contributed by atoms with Crippen molar-refractivity contribution in [3.8, 4) is 0 Å². The standard InChI is InChI=1S/C7H6N3.2CH3.Hf/c1-10-7-5-3-2-4-6(7)8-9-10;;;/h2-5H,1H2;2*1H3;/q3*-1;. The normalized spacial score (nSPS) is 8.00. The van der Waals surface area contributed by atoms with Crippen LogP contribution in [0.15, 0.2) is 24.3 Å². The van der Waals surface area contributed by atoms with Crippen LogP contribution in [0.3, 0.4) is 0 Å². The molecule has 3 nitrogen and oxygen atoms in total. The van der Waals surface area contributed by atoms with E-state index in [2.05, 4.69) is 17.4 Å². The van der Waals surface area contributed by atoms with Crippen molar-refractivity contribution >= 4 is 11.0 Å². The van der Waals surface area contributed by atoms with Gasteiger partial charge < -0.3 is 19.5 Å². The molecule has 1 aromatic carbocycles. The molecule has 0 bridgehead atoms. The SMILES string of the molecule is [CH2-]n1nnc2ccccc21.[CH3-].[CH3-].[Hf]. The van der Waals surface area contributed by atoms with Gasteiger partial charge in [0, 0.05) is 31.4 Å². The van der Waals surface area contributed by atoms with E-state index >= 15 is 0 Å². The second-order valence-electron chi connectivity index (χ2n) is 2.08. The predicted octanol–water partition coefficient (Wildman–Crippen LogP) is 1.97. The second-order valence-corrected chi connectivity index (χ2v) is 2.08. The Labute approximate surface area is 97.9 Å². The van der Waals surface area contributed by atoms with Crippen molar-refractivity contribution in [3.63, 3.8) is 0 Å². The van der Waals surface area contributed by atoms with Crippen LogP contribution in [0.4, 0.5) is 0 Å². The van der Waals surface area contributed by atoms with Gasteiger partial charge in [-0.3, -0.25) is 0 Å². The van der Waals surface area contributed by atoms with E-state index in [1.807, 2.05) is 24.3 Å². The smallest absolute Gasteiger partial charge is 0.0313 e. The molecule has 0 saturated carbocycles. The zero-order valence-electron chi connectivity index (χ0n) is 7.86. The Kier molecular flexibility index (Phi) is 6.76. The average molecular weight is 341 g/mol. The Hall–Kier alpha value is -0.640. The van der Waals surface area contributed by atoms with Crippen LogP contribution in [0.25, 0.3) is 11.0 Å². The summed E-state index contributed by atoms with van der Waals surface area (Å²) in [4.78, 5) is 0. The Morgan fingerprint density at radius 1 is 1.15 bits per heavy atom. The molecule has 2 aromatic rings. The van der Waals surface area contributed by atoms with Crippen LogP contribution in [0.1, 0.15) is 0 Å². The summed E-state index contributed by atoms with van der Waals surface area (Å²) in [7, 11) is 3.65. The maximum atomic E-state index is 3.87. The molecule has 0 radical (unpaired) electrons. The number of rotatable bonds is 0. The summed E-state index contributed by atoms with van der Waals surface area (Å²) in [5.74, 6) is 0. The molecule has 0 aliphatic heterocycles. The van der Waals surface area contributed by atoms with E-state index in [0.29, 0.717) is 0 Å². The van der Waals surface area contributed by atoms with Gasteiger partial charge in [0.2, 0.25) is 0 Å². The summed E-state index contributed by atoms with van der Waals surface area (Å²) in [6, 6.07) is 7.71. The topological polar surface area (TPSA) is 30.7 Å². The fraction of sp³-hybridized carbons (Fsp3) is 0. The second kappa shape index (κ2) is 5.91. The van der Waals surface area contributed by atoms with Crippen molar-refractivity contribution in [1.82, 2.24) is 15.0 Å². The molecule has 0 unspecified atom stereocenters. The molecule has 0 amide bonds. The van der Waals surface area contributed by atoms with Crippen molar-refractivity contribution in [3.05, 3.63) is 46.2 Å². The molecular formula is C9H12HfN3-3. The average Bonchev–Trinajstić information content (AvgIpc) is 2.34. The molecule has 70 valence electrons. The van der Waals surface area contributed by atoms with Crippen LogP contribution < -0.4 is 0 Å². The fourth-order valence-corrected chi connectivity index (χ4v) is 0.917. The molecule has 1 heterocycles. The van der Waals surface area contributed by atoms with Gasteiger partial charge in [-0.1, -0.05) is 28.9 Å². The van der Waals surface area contributed by atoms with E-state index in [4.69, 9.17) is 0 Å². The van der Waals surface area contributed by atoms with Crippen LogP contribution in [-0.2, 0) is 25.8 Å². The summed E-state index contributed by atoms with van der Waals surface area (Å²) >= 11 is 0. The molecule has 1 aromatic heterocycles. The summed E-state index contributed by atoms with van der Waals surface area (Å²) in [6.45, 7) is 0. The predicted molar refractivity (Wildman–Crippen MR) is 51.1 cm³/mol. The van der Waals surface area contributed by atoms with E-state index in [9.17, 15) is 0 Å². The van der Waals surface area contributed by atoms with Crippen LogP contribution in [0, 0.1) is 21.9 Å². The van der Waals surface area contributed by atoms with Gasteiger partial charge in [0.1, 0.15) is 0 Å². The van der Waals surface area contributed by atoms with Crippen molar-refractivity contribution in [2.24, 2.45) is 0 Å². The third-order valence-corrected chi connectivity index (χ3v) is 1.42. The van der Waals surface area contributed by atoms with Gasteiger partial charge in [-0.2, -0.15) is 12.1 Å². The zero-order chi connectivity index (χ0) is 6.97. The third-order valence-electron chi connectivity index (χ3n) is 1.42. The van der Waals surface area contributed by atoms with Crippen molar-refractivity contribution in [1.29, 1.82) is 0 Å². The molecule has 13 heavy (non-hydrogen) atoms. The first kappa shape index (κ1) is 14.9. The number of hydrogen-bond acceptors (Lipinski definition) is 2. The number of hydrogen-bond donors (Lipinski definition) is 0. The largest absolute Gasteiger partial charge is 0.381 e. The first-order valence-electron chi connectivity index (χ1n) is 2.99. The van der Waals surface area contributed by atoms with E-state index in [0.717, 1.165) is 11.0 Å². The fourth-order valence-electron chi connectivity index (χ4n) is 0.917. The molecule has 0 N–H and O–H groups in total. The Balaban J connectivity index is 0. The Morgan fingerprint density at radius 3 is 2.38 bits per heavy atom. The van der Waals surface area contributed by atoms with Crippen molar-refractivity contribution < 1.29 is 25.8 Å². The van der Waals surface area contributed by atoms with E-state index in [-0.39, 0.29) is 40.7 Å². The summed E-state index contributed by atoms with van der Waals surface area (Å²) in [5, 5.41) is 7.62. The molecule has 0 aliphatic carbocycles. The van der Waals surface area contributed by atoms with Gasteiger partial charge in [0.15, 0.2) is 0 Å². The Bertz CT molecular complexity index is 356. The van der Waals surface area contributed by atoms with Gasteiger partial charge in [0.25, 0.3) is 0 Å². The van der Waals surface area contributed by atoms with Gasteiger partial charge in [0.05, 0.1) is 0 Å². The van der Waals surface area contributed by atoms with Crippen LogP contribution in [0.2, 0.25) is 0 Å². The monoisotopic (exact) mass is 342 g/mol. The molecule has 0 fully saturated rings. The number of nitrogens with zero attached hydrogens (tertiary/aromatic N) is 3. The Morgan fingerprint density at radius 2 is 1.77 bits per heavy atom. The number of fused-ring (bicyclic) bond motifs is 1. The number of benzene rings is 1. The summed E-state index contributed by atoms with van der Waals surface area (Å²) in [5.41, 5.74) is 1.85. The van der Waals surface area contributed by atoms with Crippen LogP contribution in [0.5, 0.6) is 0 Å². The maximum Gasteiger partial charge on any atom is 0.0313 e. The van der Waals surface area contributed by atoms with Crippen molar-refractivity contribution in [2.75, 3.05) is 0 Å². The van der Waals surface area contributed by atoms with Gasteiger partial charge in [-0.25, -0.2) is 0 Å². The third kappa shape index (κ3) is 2.66. The first-order chi connectivity index (χ1) is 4.88. The van der Waals surface area contributed by atoms with E-state index in [1.165, 1.54) is 4.68 Å². The molecular weight excluding hydrogens is 329 g/mol. The molecule has 2 rings (SSSR count). The maximum absolute atomic E-state index is 3.87. The molecule has 0 atom stereocenters. The minimum Gasteiger partial charge on any atom is -0.381 e. The minimum atomic E-state index is 0. The van der Waals surface area contributed by atoms with Gasteiger partial charge >= 0.3 is 0 Å². The first-order valence-corrected chi connectivity index (χ1v) is 2.99. The summed E-state index contributed by atoms with van der Waals surface area (Å²) in [6.07, 6.45) is 0. The van der Waals surface area contributed by atoms with Crippen LogP contribution in [-0.4, -0.2) is 15.0 Å². The molecule has 0 spiro atoms. The number of aromatic nitrogens is 3. The van der Waals surface area contributed by atoms with E-state index in [1.54, 1.807) is 0 Å². The zero-order valence-corrected chi connectivity index (χ0v) is 11.5. The molecule has 0 saturated heterocycles. The molecule has 0 aliphatic rings.